The molecule has 0 aliphatic carbocycles. The summed E-state index contributed by atoms with van der Waals surface area (Å²) in [5, 5.41) is 13.3. The van der Waals surface area contributed by atoms with E-state index in [0.29, 0.717) is 17.9 Å². The minimum Gasteiger partial charge on any atom is -0.363 e. The first-order valence-corrected chi connectivity index (χ1v) is 6.15. The maximum Gasteiger partial charge on any atom is 0.144 e. The van der Waals surface area contributed by atoms with Crippen molar-refractivity contribution in [2.75, 3.05) is 5.32 Å². The minimum atomic E-state index is 0.503. The molecule has 0 saturated carbocycles. The SMILES string of the molecule is N#Cc1cc2ccccc2nc1NCc1ccncn1. The lowest BCUT2D eigenvalue weighted by Gasteiger charge is -2.08. The molecule has 1 aromatic carbocycles. The largest absolute Gasteiger partial charge is 0.363 e. The number of aromatic nitrogens is 3. The fourth-order valence-corrected chi connectivity index (χ4v) is 1.93. The van der Waals surface area contributed by atoms with Gasteiger partial charge < -0.3 is 5.32 Å². The van der Waals surface area contributed by atoms with Gasteiger partial charge in [0, 0.05) is 11.6 Å². The smallest absolute Gasteiger partial charge is 0.144 e. The van der Waals surface area contributed by atoms with Crippen molar-refractivity contribution < 1.29 is 0 Å². The fourth-order valence-electron chi connectivity index (χ4n) is 1.93. The summed E-state index contributed by atoms with van der Waals surface area (Å²) in [7, 11) is 0. The molecule has 5 nitrogen and oxygen atoms in total. The Bertz CT molecular complexity index is 777. The van der Waals surface area contributed by atoms with Crippen molar-refractivity contribution in [2.45, 2.75) is 6.54 Å². The van der Waals surface area contributed by atoms with Crippen LogP contribution in [0.4, 0.5) is 5.82 Å². The number of nitrogens with zero attached hydrogens (tertiary/aromatic N) is 4. The second-order valence-corrected chi connectivity index (χ2v) is 4.24. The Hall–Kier alpha value is -3.00. The van der Waals surface area contributed by atoms with Crippen LogP contribution in [0, 0.1) is 11.3 Å². The molecule has 0 aliphatic rings. The Labute approximate surface area is 116 Å². The second kappa shape index (κ2) is 5.33. The number of rotatable bonds is 3. The molecule has 0 aliphatic heterocycles. The summed E-state index contributed by atoms with van der Waals surface area (Å²) in [5.74, 6) is 0.574. The molecule has 1 N–H and O–H groups in total. The number of hydrogen-bond acceptors (Lipinski definition) is 5. The lowest BCUT2D eigenvalue weighted by molar-refractivity contribution is 0.997. The Kier molecular flexibility index (Phi) is 3.21. The van der Waals surface area contributed by atoms with Crippen molar-refractivity contribution >= 4 is 16.7 Å². The van der Waals surface area contributed by atoms with E-state index in [9.17, 15) is 5.26 Å². The summed E-state index contributed by atoms with van der Waals surface area (Å²) in [5.41, 5.74) is 2.23. The topological polar surface area (TPSA) is 74.5 Å². The molecule has 2 aromatic heterocycles. The second-order valence-electron chi connectivity index (χ2n) is 4.24. The maximum atomic E-state index is 9.22. The normalized spacial score (nSPS) is 10.2. The minimum absolute atomic E-state index is 0.503. The number of nitrogens with one attached hydrogen (secondary N) is 1. The van der Waals surface area contributed by atoms with Gasteiger partial charge in [0.1, 0.15) is 18.2 Å². The summed E-state index contributed by atoms with van der Waals surface area (Å²) < 4.78 is 0. The molecular formula is C15H11N5. The highest BCUT2D eigenvalue weighted by atomic mass is 15.0. The first-order valence-electron chi connectivity index (χ1n) is 6.15. The average molecular weight is 261 g/mol. The highest BCUT2D eigenvalue weighted by Crippen LogP contribution is 2.20. The maximum absolute atomic E-state index is 9.22. The number of anilines is 1. The zero-order valence-electron chi connectivity index (χ0n) is 10.6. The van der Waals surface area contributed by atoms with Gasteiger partial charge in [0.15, 0.2) is 0 Å². The quantitative estimate of drug-likeness (QED) is 0.784. The van der Waals surface area contributed by atoms with E-state index in [4.69, 9.17) is 0 Å². The Morgan fingerprint density at radius 2 is 2.10 bits per heavy atom. The fraction of sp³-hybridized carbons (Fsp3) is 0.0667. The van der Waals surface area contributed by atoms with Crippen LogP contribution in [0.2, 0.25) is 0 Å². The predicted octanol–water partition coefficient (Wildman–Crippen LogP) is 2.51. The van der Waals surface area contributed by atoms with E-state index in [0.717, 1.165) is 16.6 Å². The first-order chi connectivity index (χ1) is 9.86. The third-order valence-corrected chi connectivity index (χ3v) is 2.92. The van der Waals surface area contributed by atoms with Crippen LogP contribution in [0.25, 0.3) is 10.9 Å². The molecule has 0 radical (unpaired) electrons. The summed E-state index contributed by atoms with van der Waals surface area (Å²) in [6, 6.07) is 13.5. The molecule has 0 unspecified atom stereocenters. The summed E-state index contributed by atoms with van der Waals surface area (Å²) >= 11 is 0. The van der Waals surface area contributed by atoms with Gasteiger partial charge in [-0.15, -0.1) is 0 Å². The molecule has 2 heterocycles. The molecule has 0 spiro atoms. The third kappa shape index (κ3) is 2.40. The third-order valence-electron chi connectivity index (χ3n) is 2.92. The molecule has 0 atom stereocenters. The van der Waals surface area contributed by atoms with Gasteiger partial charge in [0.25, 0.3) is 0 Å². The lowest BCUT2D eigenvalue weighted by atomic mass is 10.1. The van der Waals surface area contributed by atoms with Gasteiger partial charge in [-0.3, -0.25) is 0 Å². The summed E-state index contributed by atoms with van der Waals surface area (Å²) in [6.45, 7) is 0.503. The zero-order valence-corrected chi connectivity index (χ0v) is 10.6. The van der Waals surface area contributed by atoms with E-state index >= 15 is 0 Å². The molecule has 0 saturated heterocycles. The van der Waals surface area contributed by atoms with Crippen molar-refractivity contribution in [1.82, 2.24) is 15.0 Å². The molecule has 0 fully saturated rings. The van der Waals surface area contributed by atoms with Gasteiger partial charge in [0.05, 0.1) is 23.3 Å². The van der Waals surface area contributed by atoms with Crippen LogP contribution in [-0.4, -0.2) is 15.0 Å². The van der Waals surface area contributed by atoms with Crippen LogP contribution < -0.4 is 5.32 Å². The number of para-hydroxylation sites is 1. The standard InChI is InChI=1S/C15H11N5/c16-8-12-7-11-3-1-2-4-14(11)20-15(12)18-9-13-5-6-17-10-19-13/h1-7,10H,9H2,(H,18,20). The van der Waals surface area contributed by atoms with Crippen LogP contribution in [0.5, 0.6) is 0 Å². The van der Waals surface area contributed by atoms with Crippen molar-refractivity contribution in [2.24, 2.45) is 0 Å². The van der Waals surface area contributed by atoms with E-state index in [-0.39, 0.29) is 0 Å². The molecular weight excluding hydrogens is 250 g/mol. The number of hydrogen-bond donors (Lipinski definition) is 1. The van der Waals surface area contributed by atoms with Gasteiger partial charge in [-0.1, -0.05) is 18.2 Å². The molecule has 3 rings (SSSR count). The molecule has 0 bridgehead atoms. The van der Waals surface area contributed by atoms with Crippen molar-refractivity contribution in [1.29, 1.82) is 5.26 Å². The predicted molar refractivity (Wildman–Crippen MR) is 75.8 cm³/mol. The van der Waals surface area contributed by atoms with Crippen LogP contribution >= 0.6 is 0 Å². The monoisotopic (exact) mass is 261 g/mol. The van der Waals surface area contributed by atoms with E-state index in [1.165, 1.54) is 6.33 Å². The number of pyridine rings is 1. The van der Waals surface area contributed by atoms with Crippen molar-refractivity contribution in [3.8, 4) is 6.07 Å². The Morgan fingerprint density at radius 3 is 2.90 bits per heavy atom. The van der Waals surface area contributed by atoms with Crippen molar-refractivity contribution in [3.05, 3.63) is 60.2 Å². The first kappa shape index (κ1) is 12.1. The lowest BCUT2D eigenvalue weighted by Crippen LogP contribution is -2.05. The van der Waals surface area contributed by atoms with Crippen LogP contribution in [-0.2, 0) is 6.54 Å². The molecule has 96 valence electrons. The van der Waals surface area contributed by atoms with Gasteiger partial charge >= 0.3 is 0 Å². The molecule has 0 amide bonds. The highest BCUT2D eigenvalue weighted by Gasteiger charge is 2.06. The van der Waals surface area contributed by atoms with E-state index in [1.807, 2.05) is 36.4 Å². The Balaban J connectivity index is 1.92. The van der Waals surface area contributed by atoms with Crippen molar-refractivity contribution in [3.63, 3.8) is 0 Å². The number of nitriles is 1. The van der Waals surface area contributed by atoms with Crippen LogP contribution in [0.3, 0.4) is 0 Å². The van der Waals surface area contributed by atoms with E-state index < -0.39 is 0 Å². The highest BCUT2D eigenvalue weighted by molar-refractivity contribution is 5.82. The Morgan fingerprint density at radius 1 is 1.20 bits per heavy atom. The van der Waals surface area contributed by atoms with Crippen LogP contribution in [0.15, 0.2) is 48.9 Å². The van der Waals surface area contributed by atoms with Gasteiger partial charge in [-0.05, 0) is 18.2 Å². The van der Waals surface area contributed by atoms with Gasteiger partial charge in [-0.2, -0.15) is 5.26 Å². The van der Waals surface area contributed by atoms with Gasteiger partial charge in [-0.25, -0.2) is 15.0 Å². The summed E-state index contributed by atoms with van der Waals surface area (Å²) in [6.07, 6.45) is 3.18. The number of fused-ring (bicyclic) bond motifs is 1. The number of benzene rings is 1. The zero-order chi connectivity index (χ0) is 13.8. The molecule has 3 aromatic rings. The van der Waals surface area contributed by atoms with Crippen LogP contribution in [0.1, 0.15) is 11.3 Å². The average Bonchev–Trinajstić information content (AvgIpc) is 2.53. The van der Waals surface area contributed by atoms with Gasteiger partial charge in [0.2, 0.25) is 0 Å². The molecule has 5 heteroatoms. The molecule has 20 heavy (non-hydrogen) atoms. The van der Waals surface area contributed by atoms with E-state index in [2.05, 4.69) is 26.3 Å². The summed E-state index contributed by atoms with van der Waals surface area (Å²) in [4.78, 5) is 12.5. The van der Waals surface area contributed by atoms with E-state index in [1.54, 1.807) is 6.20 Å².